The van der Waals surface area contributed by atoms with Gasteiger partial charge < -0.3 is 10.2 Å². The Labute approximate surface area is 123 Å². The highest BCUT2D eigenvalue weighted by Crippen LogP contribution is 2.26. The number of rotatable bonds is 5. The third kappa shape index (κ3) is 4.20. The van der Waals surface area contributed by atoms with Crippen molar-refractivity contribution in [3.63, 3.8) is 0 Å². The lowest BCUT2D eigenvalue weighted by Crippen LogP contribution is -2.40. The van der Waals surface area contributed by atoms with Crippen LogP contribution in [0.4, 0.5) is 5.82 Å². The van der Waals surface area contributed by atoms with E-state index in [4.69, 9.17) is 0 Å². The fourth-order valence-electron chi connectivity index (χ4n) is 2.98. The average molecular weight is 275 g/mol. The van der Waals surface area contributed by atoms with E-state index in [1.165, 1.54) is 18.4 Å². The van der Waals surface area contributed by atoms with Crippen molar-refractivity contribution in [2.75, 3.05) is 18.0 Å². The zero-order valence-corrected chi connectivity index (χ0v) is 13.4. The van der Waals surface area contributed by atoms with Crippen LogP contribution < -0.4 is 10.2 Å². The van der Waals surface area contributed by atoms with Gasteiger partial charge in [-0.2, -0.15) is 0 Å². The highest BCUT2D eigenvalue weighted by Gasteiger charge is 2.23. The molecule has 2 rings (SSSR count). The van der Waals surface area contributed by atoms with E-state index < -0.39 is 0 Å². The van der Waals surface area contributed by atoms with Crippen molar-refractivity contribution in [2.24, 2.45) is 11.8 Å². The molecular weight excluding hydrogens is 246 g/mol. The van der Waals surface area contributed by atoms with E-state index in [2.05, 4.69) is 55.0 Å². The number of nitrogens with one attached hydrogen (secondary N) is 1. The average Bonchev–Trinajstić information content (AvgIpc) is 2.38. The second kappa shape index (κ2) is 7.07. The lowest BCUT2D eigenvalue weighted by atomic mass is 9.93. The van der Waals surface area contributed by atoms with Gasteiger partial charge in [0, 0.05) is 25.3 Å². The fraction of sp³-hybridized carbons (Fsp3) is 0.706. The van der Waals surface area contributed by atoms with Gasteiger partial charge in [0.25, 0.3) is 0 Å². The van der Waals surface area contributed by atoms with Gasteiger partial charge in [-0.1, -0.05) is 20.8 Å². The first-order valence-corrected chi connectivity index (χ1v) is 7.98. The predicted molar refractivity (Wildman–Crippen MR) is 86.0 cm³/mol. The number of hydrogen-bond acceptors (Lipinski definition) is 3. The molecule has 112 valence electrons. The molecule has 1 N–H and O–H groups in total. The third-order valence-corrected chi connectivity index (χ3v) is 4.12. The Morgan fingerprint density at radius 1 is 1.40 bits per heavy atom. The van der Waals surface area contributed by atoms with Crippen LogP contribution in [-0.2, 0) is 6.54 Å². The van der Waals surface area contributed by atoms with Gasteiger partial charge in [-0.25, -0.2) is 4.98 Å². The highest BCUT2D eigenvalue weighted by molar-refractivity contribution is 5.42. The van der Waals surface area contributed by atoms with Gasteiger partial charge in [-0.3, -0.25) is 0 Å². The van der Waals surface area contributed by atoms with Gasteiger partial charge in [0.05, 0.1) is 0 Å². The Balaban J connectivity index is 1.98. The van der Waals surface area contributed by atoms with Gasteiger partial charge in [-0.05, 0) is 55.8 Å². The maximum Gasteiger partial charge on any atom is 0.129 e. The Kier molecular flexibility index (Phi) is 5.41. The quantitative estimate of drug-likeness (QED) is 0.892. The largest absolute Gasteiger partial charge is 0.354 e. The second-order valence-electron chi connectivity index (χ2n) is 6.72. The molecule has 0 radical (unpaired) electrons. The Morgan fingerprint density at radius 3 is 2.90 bits per heavy atom. The summed E-state index contributed by atoms with van der Waals surface area (Å²) in [5.74, 6) is 2.69. The molecular formula is C17H29N3. The fourth-order valence-corrected chi connectivity index (χ4v) is 2.98. The van der Waals surface area contributed by atoms with Crippen LogP contribution in [0.2, 0.25) is 0 Å². The lowest BCUT2D eigenvalue weighted by molar-refractivity contribution is 0.376. The molecule has 2 atom stereocenters. The van der Waals surface area contributed by atoms with Crippen LogP contribution in [0.1, 0.15) is 46.1 Å². The molecule has 1 fully saturated rings. The molecule has 2 heterocycles. The van der Waals surface area contributed by atoms with Crippen molar-refractivity contribution in [3.8, 4) is 0 Å². The molecule has 1 aliphatic rings. The normalized spacial score (nSPS) is 23.4. The van der Waals surface area contributed by atoms with Crippen molar-refractivity contribution in [3.05, 3.63) is 23.9 Å². The molecule has 0 aromatic carbocycles. The van der Waals surface area contributed by atoms with Gasteiger partial charge in [0.1, 0.15) is 5.82 Å². The maximum atomic E-state index is 4.58. The first kappa shape index (κ1) is 15.3. The predicted octanol–water partition coefficient (Wildman–Crippen LogP) is 3.45. The Morgan fingerprint density at radius 2 is 2.20 bits per heavy atom. The highest BCUT2D eigenvalue weighted by atomic mass is 15.2. The SMILES string of the molecule is CC(C)CNCc1ccnc(N2CCC(C)CC2C)c1. The molecule has 0 aliphatic carbocycles. The van der Waals surface area contributed by atoms with E-state index in [0.717, 1.165) is 31.4 Å². The second-order valence-corrected chi connectivity index (χ2v) is 6.72. The van der Waals surface area contributed by atoms with Gasteiger partial charge in [0.2, 0.25) is 0 Å². The number of hydrogen-bond donors (Lipinski definition) is 1. The maximum absolute atomic E-state index is 4.58. The van der Waals surface area contributed by atoms with Crippen molar-refractivity contribution < 1.29 is 0 Å². The monoisotopic (exact) mass is 275 g/mol. The minimum absolute atomic E-state index is 0.602. The summed E-state index contributed by atoms with van der Waals surface area (Å²) >= 11 is 0. The summed E-state index contributed by atoms with van der Waals surface area (Å²) in [6, 6.07) is 4.97. The first-order valence-electron chi connectivity index (χ1n) is 7.98. The van der Waals surface area contributed by atoms with E-state index in [1.807, 2.05) is 6.20 Å². The molecule has 2 unspecified atom stereocenters. The lowest BCUT2D eigenvalue weighted by Gasteiger charge is -2.37. The summed E-state index contributed by atoms with van der Waals surface area (Å²) < 4.78 is 0. The molecule has 1 aromatic heterocycles. The minimum atomic E-state index is 0.602. The molecule has 0 spiro atoms. The zero-order chi connectivity index (χ0) is 14.5. The van der Waals surface area contributed by atoms with Crippen molar-refractivity contribution in [1.82, 2.24) is 10.3 Å². The van der Waals surface area contributed by atoms with Crippen LogP contribution in [0.25, 0.3) is 0 Å². The molecule has 3 heteroatoms. The minimum Gasteiger partial charge on any atom is -0.354 e. The number of aromatic nitrogens is 1. The van der Waals surface area contributed by atoms with Crippen molar-refractivity contribution in [2.45, 2.75) is 53.1 Å². The van der Waals surface area contributed by atoms with Crippen molar-refractivity contribution >= 4 is 5.82 Å². The molecule has 0 saturated carbocycles. The Hall–Kier alpha value is -1.09. The molecule has 1 aromatic rings. The zero-order valence-electron chi connectivity index (χ0n) is 13.4. The number of pyridine rings is 1. The molecule has 0 bridgehead atoms. The molecule has 0 amide bonds. The van der Waals surface area contributed by atoms with Gasteiger partial charge in [0.15, 0.2) is 0 Å². The summed E-state index contributed by atoms with van der Waals surface area (Å²) in [6.45, 7) is 12.3. The van der Waals surface area contributed by atoms with E-state index in [9.17, 15) is 0 Å². The van der Waals surface area contributed by atoms with Crippen LogP contribution in [0.5, 0.6) is 0 Å². The summed E-state index contributed by atoms with van der Waals surface area (Å²) in [4.78, 5) is 7.04. The van der Waals surface area contributed by atoms with Gasteiger partial charge >= 0.3 is 0 Å². The third-order valence-electron chi connectivity index (χ3n) is 4.12. The standard InChI is InChI=1S/C17H29N3/c1-13(2)11-18-12-16-5-7-19-17(10-16)20-8-6-14(3)9-15(20)4/h5,7,10,13-15,18H,6,8-9,11-12H2,1-4H3. The van der Waals surface area contributed by atoms with E-state index in [-0.39, 0.29) is 0 Å². The van der Waals surface area contributed by atoms with Crippen LogP contribution in [0, 0.1) is 11.8 Å². The molecule has 1 saturated heterocycles. The Bertz CT molecular complexity index is 416. The van der Waals surface area contributed by atoms with Crippen LogP contribution in [-0.4, -0.2) is 24.1 Å². The summed E-state index contributed by atoms with van der Waals surface area (Å²) in [6.07, 6.45) is 4.51. The van der Waals surface area contributed by atoms with Crippen LogP contribution >= 0.6 is 0 Å². The number of nitrogens with zero attached hydrogens (tertiary/aromatic N) is 2. The summed E-state index contributed by atoms with van der Waals surface area (Å²) in [5.41, 5.74) is 1.33. The van der Waals surface area contributed by atoms with E-state index >= 15 is 0 Å². The van der Waals surface area contributed by atoms with E-state index in [1.54, 1.807) is 0 Å². The molecule has 3 nitrogen and oxygen atoms in total. The summed E-state index contributed by atoms with van der Waals surface area (Å²) in [7, 11) is 0. The van der Waals surface area contributed by atoms with E-state index in [0.29, 0.717) is 12.0 Å². The number of piperidine rings is 1. The summed E-state index contributed by atoms with van der Waals surface area (Å²) in [5, 5.41) is 3.50. The smallest absolute Gasteiger partial charge is 0.129 e. The topological polar surface area (TPSA) is 28.2 Å². The molecule has 20 heavy (non-hydrogen) atoms. The van der Waals surface area contributed by atoms with Gasteiger partial charge in [-0.15, -0.1) is 0 Å². The van der Waals surface area contributed by atoms with Crippen LogP contribution in [0.15, 0.2) is 18.3 Å². The van der Waals surface area contributed by atoms with Crippen molar-refractivity contribution in [1.29, 1.82) is 0 Å². The van der Waals surface area contributed by atoms with Crippen LogP contribution in [0.3, 0.4) is 0 Å². The molecule has 1 aliphatic heterocycles. The number of anilines is 1. The first-order chi connectivity index (χ1) is 9.56.